The molecule has 7 nitrogen and oxygen atoms in total. The van der Waals surface area contributed by atoms with E-state index in [1.54, 1.807) is 0 Å². The van der Waals surface area contributed by atoms with Gasteiger partial charge in [0.05, 0.1) is 29.2 Å². The summed E-state index contributed by atoms with van der Waals surface area (Å²) >= 11 is 0. The summed E-state index contributed by atoms with van der Waals surface area (Å²) in [5.74, 6) is 0.906. The van der Waals surface area contributed by atoms with Crippen molar-refractivity contribution in [2.75, 3.05) is 17.2 Å². The number of nitrogens with one attached hydrogen (secondary N) is 2. The molecule has 1 aromatic rings. The van der Waals surface area contributed by atoms with Crippen molar-refractivity contribution in [1.82, 2.24) is 4.98 Å². The van der Waals surface area contributed by atoms with Crippen LogP contribution in [0.4, 0.5) is 17.3 Å². The van der Waals surface area contributed by atoms with Gasteiger partial charge in [-0.3, -0.25) is 10.1 Å². The minimum Gasteiger partial charge on any atom is -0.391 e. The van der Waals surface area contributed by atoms with Crippen molar-refractivity contribution in [1.29, 1.82) is 0 Å². The maximum Gasteiger partial charge on any atom is 0.276 e. The van der Waals surface area contributed by atoms with E-state index >= 15 is 0 Å². The second-order valence-corrected chi connectivity index (χ2v) is 5.34. The Labute approximate surface area is 123 Å². The van der Waals surface area contributed by atoms with Crippen LogP contribution >= 0.6 is 0 Å². The summed E-state index contributed by atoms with van der Waals surface area (Å²) in [6, 6.07) is 2.73. The summed E-state index contributed by atoms with van der Waals surface area (Å²) in [4.78, 5) is 14.9. The van der Waals surface area contributed by atoms with Crippen molar-refractivity contribution < 1.29 is 10.0 Å². The maximum atomic E-state index is 11.0. The number of anilines is 2. The molecule has 21 heavy (non-hydrogen) atoms. The van der Waals surface area contributed by atoms with Gasteiger partial charge in [0.2, 0.25) is 0 Å². The molecule has 1 aliphatic rings. The molecule has 2 unspecified atom stereocenters. The third-order valence-corrected chi connectivity index (χ3v) is 3.69. The van der Waals surface area contributed by atoms with Gasteiger partial charge in [0.1, 0.15) is 11.6 Å². The fourth-order valence-corrected chi connectivity index (χ4v) is 2.61. The van der Waals surface area contributed by atoms with Gasteiger partial charge in [0.25, 0.3) is 5.69 Å². The molecule has 0 bridgehead atoms. The first-order valence-electron chi connectivity index (χ1n) is 7.45. The van der Waals surface area contributed by atoms with E-state index in [0.29, 0.717) is 18.2 Å². The Hall–Kier alpha value is -1.89. The van der Waals surface area contributed by atoms with Crippen LogP contribution in [0.1, 0.15) is 39.0 Å². The van der Waals surface area contributed by atoms with Crippen LogP contribution in [-0.2, 0) is 0 Å². The fraction of sp³-hybridized carbons (Fsp3) is 0.643. The molecule has 0 spiro atoms. The topological polar surface area (TPSA) is 100 Å². The smallest absolute Gasteiger partial charge is 0.276 e. The number of rotatable bonds is 5. The molecule has 1 aromatic heterocycles. The summed E-state index contributed by atoms with van der Waals surface area (Å²) < 4.78 is 0. The zero-order valence-corrected chi connectivity index (χ0v) is 12.2. The normalized spacial score (nSPS) is 22.4. The van der Waals surface area contributed by atoms with Gasteiger partial charge in [0, 0.05) is 6.54 Å². The molecule has 2 atom stereocenters. The van der Waals surface area contributed by atoms with Gasteiger partial charge in [-0.15, -0.1) is 0 Å². The predicted molar refractivity (Wildman–Crippen MR) is 81.6 cm³/mol. The van der Waals surface area contributed by atoms with Gasteiger partial charge in [-0.2, -0.15) is 0 Å². The zero-order chi connectivity index (χ0) is 15.2. The highest BCUT2D eigenvalue weighted by Crippen LogP contribution is 2.25. The summed E-state index contributed by atoms with van der Waals surface area (Å²) in [6.07, 6.45) is 4.35. The van der Waals surface area contributed by atoms with Crippen molar-refractivity contribution in [3.63, 3.8) is 0 Å². The van der Waals surface area contributed by atoms with Gasteiger partial charge >= 0.3 is 0 Å². The molecule has 0 saturated heterocycles. The molecule has 3 N–H and O–H groups in total. The third-order valence-electron chi connectivity index (χ3n) is 3.69. The molecular weight excluding hydrogens is 272 g/mol. The Morgan fingerprint density at radius 1 is 1.33 bits per heavy atom. The van der Waals surface area contributed by atoms with Crippen LogP contribution < -0.4 is 10.6 Å². The van der Waals surface area contributed by atoms with Crippen LogP contribution in [0.5, 0.6) is 0 Å². The van der Waals surface area contributed by atoms with Gasteiger partial charge in [-0.05, 0) is 19.8 Å². The van der Waals surface area contributed by atoms with Crippen molar-refractivity contribution in [3.05, 3.63) is 22.2 Å². The van der Waals surface area contributed by atoms with Crippen molar-refractivity contribution in [2.24, 2.45) is 0 Å². The minimum absolute atomic E-state index is 0.00781. The van der Waals surface area contributed by atoms with Crippen molar-refractivity contribution in [3.8, 4) is 0 Å². The second-order valence-electron chi connectivity index (χ2n) is 5.34. The van der Waals surface area contributed by atoms with Gasteiger partial charge in [0.15, 0.2) is 0 Å². The lowest BCUT2D eigenvalue weighted by atomic mass is 10.1. The molecule has 1 heterocycles. The largest absolute Gasteiger partial charge is 0.391 e. The molecule has 7 heteroatoms. The summed E-state index contributed by atoms with van der Waals surface area (Å²) in [5, 5.41) is 27.3. The number of aromatic nitrogens is 1. The molecular formula is C14H22N4O3. The standard InChI is InChI=1S/C14H22N4O3/c1-2-15-13-8-10(18(20)21)9-14(17-13)16-11-6-4-3-5-7-12(11)19/h8-9,11-12,19H,2-7H2,1H3,(H2,15,16,17). The fourth-order valence-electron chi connectivity index (χ4n) is 2.61. The van der Waals surface area contributed by atoms with E-state index in [2.05, 4.69) is 15.6 Å². The number of aliphatic hydroxyl groups is 1. The molecule has 1 fully saturated rings. The van der Waals surface area contributed by atoms with Crippen LogP contribution in [0.3, 0.4) is 0 Å². The Bertz CT molecular complexity index is 495. The molecule has 2 rings (SSSR count). The van der Waals surface area contributed by atoms with E-state index in [0.717, 1.165) is 32.1 Å². The van der Waals surface area contributed by atoms with Gasteiger partial charge in [-0.1, -0.05) is 19.3 Å². The first kappa shape index (κ1) is 15.5. The zero-order valence-electron chi connectivity index (χ0n) is 12.2. The van der Waals surface area contributed by atoms with Gasteiger partial charge < -0.3 is 15.7 Å². The highest BCUT2D eigenvalue weighted by Gasteiger charge is 2.22. The Morgan fingerprint density at radius 2 is 2.05 bits per heavy atom. The van der Waals surface area contributed by atoms with Crippen molar-refractivity contribution in [2.45, 2.75) is 51.2 Å². The molecule has 0 amide bonds. The minimum atomic E-state index is -0.434. The quantitative estimate of drug-likeness (QED) is 0.438. The molecule has 0 aromatic carbocycles. The third kappa shape index (κ3) is 4.29. The molecule has 1 aliphatic carbocycles. The van der Waals surface area contributed by atoms with E-state index in [1.807, 2.05) is 6.92 Å². The van der Waals surface area contributed by atoms with Crippen LogP contribution in [0, 0.1) is 10.1 Å². The Balaban J connectivity index is 2.19. The second kappa shape index (κ2) is 7.21. The van der Waals surface area contributed by atoms with E-state index < -0.39 is 11.0 Å². The number of hydrogen-bond donors (Lipinski definition) is 3. The SMILES string of the molecule is CCNc1cc([N+](=O)[O-])cc(NC2CCCCCC2O)n1. The Morgan fingerprint density at radius 3 is 2.76 bits per heavy atom. The predicted octanol–water partition coefficient (Wildman–Crippen LogP) is 2.53. The maximum absolute atomic E-state index is 11.0. The lowest BCUT2D eigenvalue weighted by Gasteiger charge is -2.22. The molecule has 0 radical (unpaired) electrons. The molecule has 1 saturated carbocycles. The van der Waals surface area contributed by atoms with Crippen molar-refractivity contribution >= 4 is 17.3 Å². The summed E-state index contributed by atoms with van der Waals surface area (Å²) in [6.45, 7) is 2.54. The first-order chi connectivity index (χ1) is 10.1. The highest BCUT2D eigenvalue weighted by atomic mass is 16.6. The highest BCUT2D eigenvalue weighted by molar-refractivity contribution is 5.55. The summed E-state index contributed by atoms with van der Waals surface area (Å²) in [5.41, 5.74) is -0.00781. The number of nitro groups is 1. The average molecular weight is 294 g/mol. The Kier molecular flexibility index (Phi) is 5.32. The van der Waals surface area contributed by atoms with E-state index in [4.69, 9.17) is 0 Å². The summed E-state index contributed by atoms with van der Waals surface area (Å²) in [7, 11) is 0. The number of aliphatic hydroxyl groups excluding tert-OH is 1. The van der Waals surface area contributed by atoms with Gasteiger partial charge in [-0.25, -0.2) is 4.98 Å². The number of nitrogens with zero attached hydrogens (tertiary/aromatic N) is 2. The molecule has 116 valence electrons. The average Bonchev–Trinajstić information content (AvgIpc) is 2.64. The first-order valence-corrected chi connectivity index (χ1v) is 7.45. The number of pyridine rings is 1. The van der Waals surface area contributed by atoms with Crippen LogP contribution in [0.2, 0.25) is 0 Å². The number of hydrogen-bond acceptors (Lipinski definition) is 6. The lowest BCUT2D eigenvalue weighted by molar-refractivity contribution is -0.384. The van der Waals surface area contributed by atoms with E-state index in [-0.39, 0.29) is 11.7 Å². The molecule has 0 aliphatic heterocycles. The van der Waals surface area contributed by atoms with Crippen LogP contribution in [-0.4, -0.2) is 33.7 Å². The van der Waals surface area contributed by atoms with Crippen LogP contribution in [0.15, 0.2) is 12.1 Å². The lowest BCUT2D eigenvalue weighted by Crippen LogP contribution is -2.32. The van der Waals surface area contributed by atoms with E-state index in [1.165, 1.54) is 12.1 Å². The van der Waals surface area contributed by atoms with Crippen LogP contribution in [0.25, 0.3) is 0 Å². The van der Waals surface area contributed by atoms with E-state index in [9.17, 15) is 15.2 Å². The monoisotopic (exact) mass is 294 g/mol.